The van der Waals surface area contributed by atoms with Crippen molar-refractivity contribution in [3.63, 3.8) is 0 Å². The number of rotatable bonds is 3. The first-order valence-corrected chi connectivity index (χ1v) is 8.84. The Morgan fingerprint density at radius 1 is 1.19 bits per heavy atom. The van der Waals surface area contributed by atoms with Gasteiger partial charge in [0.2, 0.25) is 0 Å². The summed E-state index contributed by atoms with van der Waals surface area (Å²) in [6.45, 7) is 10.3. The zero-order valence-electron chi connectivity index (χ0n) is 16.2. The molecule has 7 heteroatoms. The number of piperazine rings is 1. The van der Waals surface area contributed by atoms with Crippen molar-refractivity contribution in [2.24, 2.45) is 0 Å². The van der Waals surface area contributed by atoms with Crippen LogP contribution in [-0.4, -0.2) is 42.8 Å². The summed E-state index contributed by atoms with van der Waals surface area (Å²) in [6.07, 6.45) is 1.13. The minimum Gasteiger partial charge on any atom is -0.444 e. The number of allylic oxidation sites excluding steroid dienone is 1. The van der Waals surface area contributed by atoms with Gasteiger partial charge in [0.05, 0.1) is 0 Å². The zero-order chi connectivity index (χ0) is 20.0. The lowest BCUT2D eigenvalue weighted by molar-refractivity contribution is 0.0240. The van der Waals surface area contributed by atoms with E-state index in [1.54, 1.807) is 4.90 Å². The Kier molecular flexibility index (Phi) is 6.31. The standard InChI is InChI=1S/C20H25N5O2/c1-15-11-17(23-14-16(12-21)13-22)5-6-18(15)24-7-9-25(10-8-24)19(26)27-20(2,3)4/h5-6,11,14,23H,7-10H2,1-4H3. The quantitative estimate of drug-likeness (QED) is 0.823. The van der Waals surface area contributed by atoms with E-state index in [2.05, 4.69) is 10.2 Å². The van der Waals surface area contributed by atoms with E-state index in [0.29, 0.717) is 13.1 Å². The highest BCUT2D eigenvalue weighted by molar-refractivity contribution is 5.69. The Balaban J connectivity index is 1.99. The van der Waals surface area contributed by atoms with Crippen LogP contribution >= 0.6 is 0 Å². The van der Waals surface area contributed by atoms with Crippen LogP contribution in [0.4, 0.5) is 16.2 Å². The number of carbonyl (C=O) groups is 1. The van der Waals surface area contributed by atoms with Gasteiger partial charge >= 0.3 is 6.09 Å². The smallest absolute Gasteiger partial charge is 0.410 e. The molecule has 2 rings (SSSR count). The number of hydrogen-bond donors (Lipinski definition) is 1. The molecule has 0 spiro atoms. The molecule has 1 fully saturated rings. The van der Waals surface area contributed by atoms with Crippen LogP contribution < -0.4 is 10.2 Å². The highest BCUT2D eigenvalue weighted by Crippen LogP contribution is 2.25. The molecule has 0 aromatic heterocycles. The minimum absolute atomic E-state index is 0.0231. The van der Waals surface area contributed by atoms with Crippen molar-refractivity contribution < 1.29 is 9.53 Å². The molecule has 27 heavy (non-hydrogen) atoms. The summed E-state index contributed by atoms with van der Waals surface area (Å²) >= 11 is 0. The van der Waals surface area contributed by atoms with Gasteiger partial charge in [0, 0.05) is 43.8 Å². The molecule has 7 nitrogen and oxygen atoms in total. The fourth-order valence-corrected chi connectivity index (χ4v) is 2.80. The second kappa shape index (κ2) is 8.46. The fourth-order valence-electron chi connectivity index (χ4n) is 2.80. The molecule has 1 aromatic rings. The number of benzene rings is 1. The number of carbonyl (C=O) groups excluding carboxylic acids is 1. The van der Waals surface area contributed by atoms with Gasteiger partial charge in [0.1, 0.15) is 23.3 Å². The summed E-state index contributed by atoms with van der Waals surface area (Å²) in [5.74, 6) is 0. The van der Waals surface area contributed by atoms with Crippen LogP contribution in [0.1, 0.15) is 26.3 Å². The monoisotopic (exact) mass is 367 g/mol. The van der Waals surface area contributed by atoms with Crippen molar-refractivity contribution in [3.05, 3.63) is 35.5 Å². The molecule has 0 saturated carbocycles. The summed E-state index contributed by atoms with van der Waals surface area (Å²) in [5.41, 5.74) is 2.53. The van der Waals surface area contributed by atoms with Gasteiger partial charge in [-0.05, 0) is 51.5 Å². The molecule has 0 bridgehead atoms. The van der Waals surface area contributed by atoms with Crippen LogP contribution in [0.2, 0.25) is 0 Å². The summed E-state index contributed by atoms with van der Waals surface area (Å²) in [6, 6.07) is 9.51. The molecule has 1 heterocycles. The van der Waals surface area contributed by atoms with Gasteiger partial charge in [-0.15, -0.1) is 0 Å². The molecular formula is C20H25N5O2. The molecule has 1 saturated heterocycles. The maximum atomic E-state index is 12.2. The highest BCUT2D eigenvalue weighted by Gasteiger charge is 2.26. The summed E-state index contributed by atoms with van der Waals surface area (Å²) < 4.78 is 5.43. The van der Waals surface area contributed by atoms with Gasteiger partial charge in [-0.1, -0.05) is 0 Å². The second-order valence-electron chi connectivity index (χ2n) is 7.38. The average molecular weight is 367 g/mol. The molecule has 0 unspecified atom stereocenters. The Labute approximate surface area is 160 Å². The number of amides is 1. The van der Waals surface area contributed by atoms with Gasteiger partial charge in [0.25, 0.3) is 0 Å². The van der Waals surface area contributed by atoms with E-state index in [1.807, 2.05) is 58.0 Å². The van der Waals surface area contributed by atoms with E-state index in [-0.39, 0.29) is 11.7 Å². The number of nitrogens with one attached hydrogen (secondary N) is 1. The third-order valence-corrected chi connectivity index (χ3v) is 4.09. The number of aryl methyl sites for hydroxylation is 1. The Morgan fingerprint density at radius 2 is 1.81 bits per heavy atom. The maximum absolute atomic E-state index is 12.2. The number of anilines is 2. The first-order chi connectivity index (χ1) is 12.7. The Hall–Kier alpha value is -3.19. The van der Waals surface area contributed by atoms with Crippen molar-refractivity contribution in [1.29, 1.82) is 10.5 Å². The van der Waals surface area contributed by atoms with Crippen molar-refractivity contribution >= 4 is 17.5 Å². The van der Waals surface area contributed by atoms with Crippen LogP contribution in [-0.2, 0) is 4.74 Å². The van der Waals surface area contributed by atoms with Gasteiger partial charge in [-0.2, -0.15) is 10.5 Å². The molecule has 0 atom stereocenters. The predicted octanol–water partition coefficient (Wildman–Crippen LogP) is 3.40. The van der Waals surface area contributed by atoms with Crippen molar-refractivity contribution in [1.82, 2.24) is 4.90 Å². The summed E-state index contributed by atoms with van der Waals surface area (Å²) in [7, 11) is 0. The van der Waals surface area contributed by atoms with Crippen LogP contribution in [0.3, 0.4) is 0 Å². The number of ether oxygens (including phenoxy) is 1. The van der Waals surface area contributed by atoms with Crippen molar-refractivity contribution in [2.45, 2.75) is 33.3 Å². The van der Waals surface area contributed by atoms with E-state index in [9.17, 15) is 4.79 Å². The van der Waals surface area contributed by atoms with Crippen LogP contribution in [0.25, 0.3) is 0 Å². The molecule has 0 radical (unpaired) electrons. The molecule has 142 valence electrons. The minimum atomic E-state index is -0.487. The SMILES string of the molecule is Cc1cc(NC=C(C#N)C#N)ccc1N1CCN(C(=O)OC(C)(C)C)CC1. The van der Waals surface area contributed by atoms with E-state index >= 15 is 0 Å². The molecule has 1 aliphatic rings. The van der Waals surface area contributed by atoms with E-state index in [4.69, 9.17) is 15.3 Å². The third-order valence-electron chi connectivity index (χ3n) is 4.09. The van der Waals surface area contributed by atoms with E-state index < -0.39 is 5.60 Å². The zero-order valence-corrected chi connectivity index (χ0v) is 16.2. The molecule has 1 aromatic carbocycles. The Bertz CT molecular complexity index is 787. The fraction of sp³-hybridized carbons (Fsp3) is 0.450. The molecule has 1 N–H and O–H groups in total. The largest absolute Gasteiger partial charge is 0.444 e. The van der Waals surface area contributed by atoms with Gasteiger partial charge in [-0.25, -0.2) is 4.79 Å². The molecule has 1 amide bonds. The summed E-state index contributed by atoms with van der Waals surface area (Å²) in [5, 5.41) is 20.5. The number of hydrogen-bond acceptors (Lipinski definition) is 6. The number of nitrogens with zero attached hydrogens (tertiary/aromatic N) is 4. The van der Waals surface area contributed by atoms with Gasteiger partial charge in [0.15, 0.2) is 0 Å². The van der Waals surface area contributed by atoms with E-state index in [1.165, 1.54) is 6.20 Å². The summed E-state index contributed by atoms with van der Waals surface area (Å²) in [4.78, 5) is 16.2. The first kappa shape index (κ1) is 20.1. The van der Waals surface area contributed by atoms with Gasteiger partial charge < -0.3 is 19.9 Å². The van der Waals surface area contributed by atoms with Crippen molar-refractivity contribution in [2.75, 3.05) is 36.4 Å². The first-order valence-electron chi connectivity index (χ1n) is 8.84. The van der Waals surface area contributed by atoms with Crippen LogP contribution in [0, 0.1) is 29.6 Å². The van der Waals surface area contributed by atoms with Gasteiger partial charge in [-0.3, -0.25) is 0 Å². The van der Waals surface area contributed by atoms with Crippen molar-refractivity contribution in [3.8, 4) is 12.1 Å². The second-order valence-corrected chi connectivity index (χ2v) is 7.38. The predicted molar refractivity (Wildman–Crippen MR) is 104 cm³/mol. The molecule has 1 aliphatic heterocycles. The lowest BCUT2D eigenvalue weighted by Crippen LogP contribution is -2.50. The molecule has 0 aliphatic carbocycles. The Morgan fingerprint density at radius 3 is 2.33 bits per heavy atom. The molecular weight excluding hydrogens is 342 g/mol. The van der Waals surface area contributed by atoms with Crippen LogP contribution in [0.15, 0.2) is 30.0 Å². The number of nitriles is 2. The lowest BCUT2D eigenvalue weighted by atomic mass is 10.1. The average Bonchev–Trinajstić information content (AvgIpc) is 2.61. The lowest BCUT2D eigenvalue weighted by Gasteiger charge is -2.37. The van der Waals surface area contributed by atoms with Crippen LogP contribution in [0.5, 0.6) is 0 Å². The normalized spacial score (nSPS) is 14.0. The third kappa shape index (κ3) is 5.65. The maximum Gasteiger partial charge on any atom is 0.410 e. The highest BCUT2D eigenvalue weighted by atomic mass is 16.6. The van der Waals surface area contributed by atoms with E-state index in [0.717, 1.165) is 30.0 Å². The topological polar surface area (TPSA) is 92.4 Å².